The molecule has 0 unspecified atom stereocenters. The Kier molecular flexibility index (Phi) is 7.14. The van der Waals surface area contributed by atoms with E-state index in [0.29, 0.717) is 29.6 Å². The van der Waals surface area contributed by atoms with Crippen molar-refractivity contribution in [2.45, 2.75) is 32.4 Å². The second-order valence-corrected chi connectivity index (χ2v) is 7.30. The van der Waals surface area contributed by atoms with E-state index in [1.807, 2.05) is 0 Å². The van der Waals surface area contributed by atoms with Gasteiger partial charge in [-0.1, -0.05) is 16.8 Å². The number of hydrogen-bond acceptors (Lipinski definition) is 5. The van der Waals surface area contributed by atoms with Crippen LogP contribution in [0.2, 0.25) is 5.02 Å². The number of aromatic nitrogens is 2. The number of hydrogen-bond donors (Lipinski definition) is 2. The number of aryl methyl sites for hydroxylation is 1. The van der Waals surface area contributed by atoms with E-state index >= 15 is 0 Å². The lowest BCUT2D eigenvalue weighted by atomic mass is 10.1. The quantitative estimate of drug-likeness (QED) is 0.490. The number of amides is 2. The highest BCUT2D eigenvalue weighted by Gasteiger charge is 2.31. The first kappa shape index (κ1) is 23.3. The number of nitrogens with zero attached hydrogens (tertiary/aromatic N) is 2. The summed E-state index contributed by atoms with van der Waals surface area (Å²) in [5.41, 5.74) is -0.286. The van der Waals surface area contributed by atoms with Crippen molar-refractivity contribution in [3.8, 4) is 11.4 Å². The second-order valence-electron chi connectivity index (χ2n) is 6.86. The van der Waals surface area contributed by atoms with E-state index < -0.39 is 23.6 Å². The Hall–Kier alpha value is -3.40. The molecule has 3 rings (SSSR count). The van der Waals surface area contributed by atoms with Gasteiger partial charge in [0.25, 0.3) is 0 Å². The Morgan fingerprint density at radius 2 is 1.78 bits per heavy atom. The second kappa shape index (κ2) is 9.82. The molecule has 0 spiro atoms. The van der Waals surface area contributed by atoms with Crippen molar-refractivity contribution in [2.24, 2.45) is 0 Å². The standard InChI is InChI=1S/C21H18ClF3N4O3/c1-12(30)26-16-10-7-14(21(23,24)25)11-17(16)27-18(31)3-2-4-19-28-20(29-32-19)13-5-8-15(22)9-6-13/h5-11H,2-4H2,1H3,(H,26,30)(H,27,31). The summed E-state index contributed by atoms with van der Waals surface area (Å²) >= 11 is 5.85. The molecule has 1 heterocycles. The summed E-state index contributed by atoms with van der Waals surface area (Å²) in [6, 6.07) is 9.57. The normalized spacial score (nSPS) is 11.3. The van der Waals surface area contributed by atoms with Crippen molar-refractivity contribution < 1.29 is 27.3 Å². The van der Waals surface area contributed by atoms with Gasteiger partial charge in [0.2, 0.25) is 23.5 Å². The average molecular weight is 467 g/mol. The number of halogens is 4. The average Bonchev–Trinajstić information content (AvgIpc) is 3.17. The van der Waals surface area contributed by atoms with Crippen LogP contribution in [0.1, 0.15) is 31.2 Å². The maximum Gasteiger partial charge on any atom is 0.416 e. The van der Waals surface area contributed by atoms with Crippen molar-refractivity contribution in [3.05, 3.63) is 58.9 Å². The molecular weight excluding hydrogens is 449 g/mol. The molecule has 0 aliphatic rings. The topological polar surface area (TPSA) is 97.1 Å². The lowest BCUT2D eigenvalue weighted by Gasteiger charge is -2.14. The molecule has 0 radical (unpaired) electrons. The van der Waals surface area contributed by atoms with Crippen molar-refractivity contribution in [1.82, 2.24) is 10.1 Å². The Bertz CT molecular complexity index is 1110. The fourth-order valence-corrected chi connectivity index (χ4v) is 2.93. The number of carbonyl (C=O) groups is 2. The molecule has 2 amide bonds. The van der Waals surface area contributed by atoms with Crippen LogP contribution in [-0.2, 0) is 22.2 Å². The maximum absolute atomic E-state index is 13.0. The zero-order valence-corrected chi connectivity index (χ0v) is 17.5. The predicted molar refractivity (Wildman–Crippen MR) is 112 cm³/mol. The van der Waals surface area contributed by atoms with Gasteiger partial charge < -0.3 is 15.2 Å². The molecule has 1 aromatic heterocycles. The molecule has 0 saturated heterocycles. The summed E-state index contributed by atoms with van der Waals surface area (Å²) in [5.74, 6) is -0.299. The Morgan fingerprint density at radius 3 is 2.44 bits per heavy atom. The monoisotopic (exact) mass is 466 g/mol. The van der Waals surface area contributed by atoms with Crippen molar-refractivity contribution in [1.29, 1.82) is 0 Å². The smallest absolute Gasteiger partial charge is 0.339 e. The molecule has 0 fully saturated rings. The van der Waals surface area contributed by atoms with E-state index in [1.54, 1.807) is 24.3 Å². The summed E-state index contributed by atoms with van der Waals surface area (Å²) in [7, 11) is 0. The lowest BCUT2D eigenvalue weighted by molar-refractivity contribution is -0.137. The van der Waals surface area contributed by atoms with Gasteiger partial charge in [0.05, 0.1) is 16.9 Å². The van der Waals surface area contributed by atoms with Crippen molar-refractivity contribution >= 4 is 34.8 Å². The molecule has 0 atom stereocenters. The van der Waals surface area contributed by atoms with Crippen LogP contribution in [0.3, 0.4) is 0 Å². The summed E-state index contributed by atoms with van der Waals surface area (Å²) in [6.45, 7) is 1.21. The Labute approximate surface area is 186 Å². The third kappa shape index (κ3) is 6.30. The zero-order chi connectivity index (χ0) is 23.3. The van der Waals surface area contributed by atoms with Gasteiger partial charge in [0.15, 0.2) is 0 Å². The van der Waals surface area contributed by atoms with Gasteiger partial charge >= 0.3 is 6.18 Å². The van der Waals surface area contributed by atoms with Gasteiger partial charge in [-0.25, -0.2) is 0 Å². The van der Waals surface area contributed by atoms with Crippen LogP contribution in [-0.4, -0.2) is 22.0 Å². The van der Waals surface area contributed by atoms with Gasteiger partial charge in [0.1, 0.15) is 0 Å². The first-order chi connectivity index (χ1) is 15.1. The third-order valence-corrected chi connectivity index (χ3v) is 4.55. The SMILES string of the molecule is CC(=O)Nc1ccc(C(F)(F)F)cc1NC(=O)CCCc1nc(-c2ccc(Cl)cc2)no1. The molecule has 2 aromatic carbocycles. The molecule has 11 heteroatoms. The molecule has 168 valence electrons. The van der Waals surface area contributed by atoms with Crippen LogP contribution < -0.4 is 10.6 Å². The minimum atomic E-state index is -4.59. The number of nitrogens with one attached hydrogen (secondary N) is 2. The van der Waals surface area contributed by atoms with Gasteiger partial charge in [-0.15, -0.1) is 0 Å². The molecule has 0 bridgehead atoms. The first-order valence-electron chi connectivity index (χ1n) is 9.49. The van der Waals surface area contributed by atoms with Crippen LogP contribution in [0.4, 0.5) is 24.5 Å². The molecule has 7 nitrogen and oxygen atoms in total. The van der Waals surface area contributed by atoms with Gasteiger partial charge in [-0.3, -0.25) is 9.59 Å². The van der Waals surface area contributed by atoms with E-state index in [4.69, 9.17) is 16.1 Å². The van der Waals surface area contributed by atoms with Crippen LogP contribution in [0.25, 0.3) is 11.4 Å². The predicted octanol–water partition coefficient (Wildman–Crippen LogP) is 5.33. The Morgan fingerprint density at radius 1 is 1.06 bits per heavy atom. The number of alkyl halides is 3. The zero-order valence-electron chi connectivity index (χ0n) is 16.8. The summed E-state index contributed by atoms with van der Waals surface area (Å²) < 4.78 is 44.2. The fourth-order valence-electron chi connectivity index (χ4n) is 2.81. The van der Waals surface area contributed by atoms with Crippen LogP contribution in [0.15, 0.2) is 47.0 Å². The largest absolute Gasteiger partial charge is 0.416 e. The van der Waals surface area contributed by atoms with Crippen molar-refractivity contribution in [3.63, 3.8) is 0 Å². The van der Waals surface area contributed by atoms with E-state index in [-0.39, 0.29) is 17.8 Å². The lowest BCUT2D eigenvalue weighted by Crippen LogP contribution is -2.16. The molecule has 2 N–H and O–H groups in total. The minimum Gasteiger partial charge on any atom is -0.339 e. The van der Waals surface area contributed by atoms with E-state index in [1.165, 1.54) is 6.92 Å². The number of benzene rings is 2. The number of carbonyl (C=O) groups excluding carboxylic acids is 2. The molecule has 0 aliphatic carbocycles. The molecule has 32 heavy (non-hydrogen) atoms. The molecule has 0 saturated carbocycles. The first-order valence-corrected chi connectivity index (χ1v) is 9.87. The van der Waals surface area contributed by atoms with E-state index in [9.17, 15) is 22.8 Å². The summed E-state index contributed by atoms with van der Waals surface area (Å²) in [4.78, 5) is 27.8. The highest BCUT2D eigenvalue weighted by atomic mass is 35.5. The summed E-state index contributed by atoms with van der Waals surface area (Å²) in [6.07, 6.45) is -3.97. The molecule has 3 aromatic rings. The van der Waals surface area contributed by atoms with Gasteiger partial charge in [-0.2, -0.15) is 18.2 Å². The fraction of sp³-hybridized carbons (Fsp3) is 0.238. The highest BCUT2D eigenvalue weighted by molar-refractivity contribution is 6.30. The molecular formula is C21H18ClF3N4O3. The van der Waals surface area contributed by atoms with Crippen LogP contribution >= 0.6 is 11.6 Å². The Balaban J connectivity index is 1.60. The number of anilines is 2. The molecule has 0 aliphatic heterocycles. The van der Waals surface area contributed by atoms with Gasteiger partial charge in [0, 0.05) is 30.4 Å². The minimum absolute atomic E-state index is 0.00554. The van der Waals surface area contributed by atoms with Gasteiger partial charge in [-0.05, 0) is 48.9 Å². The third-order valence-electron chi connectivity index (χ3n) is 4.30. The van der Waals surface area contributed by atoms with Crippen LogP contribution in [0.5, 0.6) is 0 Å². The van der Waals surface area contributed by atoms with E-state index in [0.717, 1.165) is 23.8 Å². The summed E-state index contributed by atoms with van der Waals surface area (Å²) in [5, 5.41) is 9.27. The number of rotatable bonds is 7. The van der Waals surface area contributed by atoms with Crippen molar-refractivity contribution in [2.75, 3.05) is 10.6 Å². The highest BCUT2D eigenvalue weighted by Crippen LogP contribution is 2.34. The van der Waals surface area contributed by atoms with E-state index in [2.05, 4.69) is 20.8 Å². The maximum atomic E-state index is 13.0. The van der Waals surface area contributed by atoms with Crippen LogP contribution in [0, 0.1) is 0 Å².